The van der Waals surface area contributed by atoms with Crippen LogP contribution in [0.25, 0.3) is 0 Å². The fourth-order valence-corrected chi connectivity index (χ4v) is 3.22. The van der Waals surface area contributed by atoms with Crippen molar-refractivity contribution in [3.05, 3.63) is 0 Å². The monoisotopic (exact) mass is 268 g/mol. The van der Waals surface area contributed by atoms with Crippen molar-refractivity contribution in [3.63, 3.8) is 0 Å². The van der Waals surface area contributed by atoms with E-state index in [0.717, 1.165) is 25.3 Å². The molecule has 2 rings (SSSR count). The first kappa shape index (κ1) is 14.2. The number of carboxylic acid groups (broad SMARTS) is 1. The third kappa shape index (κ3) is 4.40. The van der Waals surface area contributed by atoms with Gasteiger partial charge in [-0.15, -0.1) is 0 Å². The van der Waals surface area contributed by atoms with Gasteiger partial charge in [0.1, 0.15) is 0 Å². The second-order valence-corrected chi connectivity index (χ2v) is 5.87. The molecule has 1 saturated carbocycles. The molecule has 5 nitrogen and oxygen atoms in total. The molecule has 1 saturated heterocycles. The molecule has 1 unspecified atom stereocenters. The van der Waals surface area contributed by atoms with Gasteiger partial charge in [0, 0.05) is 26.1 Å². The minimum absolute atomic E-state index is 0.0223. The Hall–Kier alpha value is -1.26. The summed E-state index contributed by atoms with van der Waals surface area (Å²) >= 11 is 0. The van der Waals surface area contributed by atoms with Crippen molar-refractivity contribution < 1.29 is 14.7 Å². The van der Waals surface area contributed by atoms with Gasteiger partial charge in [-0.3, -0.25) is 4.79 Å². The summed E-state index contributed by atoms with van der Waals surface area (Å²) in [6, 6.07) is -0.0223. The molecular weight excluding hydrogens is 244 g/mol. The molecular formula is C14H24N2O3. The van der Waals surface area contributed by atoms with Crippen molar-refractivity contribution in [2.75, 3.05) is 19.6 Å². The second kappa shape index (κ2) is 6.78. The van der Waals surface area contributed by atoms with Gasteiger partial charge >= 0.3 is 12.0 Å². The van der Waals surface area contributed by atoms with Crippen molar-refractivity contribution in [2.24, 2.45) is 11.8 Å². The third-order valence-corrected chi connectivity index (χ3v) is 4.34. The Bertz CT molecular complexity index is 327. The molecule has 2 aliphatic rings. The van der Waals surface area contributed by atoms with Crippen LogP contribution in [0.2, 0.25) is 0 Å². The summed E-state index contributed by atoms with van der Waals surface area (Å²) < 4.78 is 0. The van der Waals surface area contributed by atoms with E-state index in [0.29, 0.717) is 13.1 Å². The maximum absolute atomic E-state index is 11.9. The van der Waals surface area contributed by atoms with Crippen LogP contribution in [-0.2, 0) is 4.79 Å². The first-order valence-corrected chi connectivity index (χ1v) is 7.39. The minimum Gasteiger partial charge on any atom is -0.481 e. The largest absolute Gasteiger partial charge is 0.481 e. The van der Waals surface area contributed by atoms with Crippen LogP contribution in [0.1, 0.15) is 44.9 Å². The standard InChI is InChI=1S/C14H24N2O3/c17-13(18)9-12-6-8-16(10-12)14(19)15-7-5-11-3-1-2-4-11/h11-12H,1-10H2,(H,15,19)(H,17,18). The van der Waals surface area contributed by atoms with Crippen LogP contribution < -0.4 is 5.32 Å². The van der Waals surface area contributed by atoms with E-state index in [4.69, 9.17) is 5.11 Å². The van der Waals surface area contributed by atoms with E-state index in [1.54, 1.807) is 4.90 Å². The number of likely N-dealkylation sites (tertiary alicyclic amines) is 1. The molecule has 0 aromatic rings. The van der Waals surface area contributed by atoms with Crippen LogP contribution in [0.5, 0.6) is 0 Å². The third-order valence-electron chi connectivity index (χ3n) is 4.34. The van der Waals surface area contributed by atoms with E-state index in [-0.39, 0.29) is 18.4 Å². The van der Waals surface area contributed by atoms with E-state index in [1.807, 2.05) is 0 Å². The highest BCUT2D eigenvalue weighted by Crippen LogP contribution is 2.27. The van der Waals surface area contributed by atoms with Crippen LogP contribution in [0.15, 0.2) is 0 Å². The Balaban J connectivity index is 1.62. The predicted molar refractivity (Wildman–Crippen MR) is 71.9 cm³/mol. The maximum atomic E-state index is 11.9. The maximum Gasteiger partial charge on any atom is 0.317 e. The SMILES string of the molecule is O=C(O)CC1CCN(C(=O)NCCC2CCCC2)C1. The zero-order chi connectivity index (χ0) is 13.7. The van der Waals surface area contributed by atoms with E-state index in [9.17, 15) is 9.59 Å². The van der Waals surface area contributed by atoms with Crippen molar-refractivity contribution in [1.29, 1.82) is 0 Å². The molecule has 2 amide bonds. The van der Waals surface area contributed by atoms with Crippen LogP contribution in [0, 0.1) is 11.8 Å². The van der Waals surface area contributed by atoms with Crippen molar-refractivity contribution in [3.8, 4) is 0 Å². The lowest BCUT2D eigenvalue weighted by Gasteiger charge is -2.18. The molecule has 1 heterocycles. The van der Waals surface area contributed by atoms with E-state index in [2.05, 4.69) is 5.32 Å². The zero-order valence-corrected chi connectivity index (χ0v) is 11.4. The fourth-order valence-electron chi connectivity index (χ4n) is 3.22. The summed E-state index contributed by atoms with van der Waals surface area (Å²) in [6.45, 7) is 2.03. The molecule has 19 heavy (non-hydrogen) atoms. The summed E-state index contributed by atoms with van der Waals surface area (Å²) in [6.07, 6.45) is 7.34. The molecule has 1 atom stereocenters. The number of hydrogen-bond donors (Lipinski definition) is 2. The summed E-state index contributed by atoms with van der Waals surface area (Å²) in [5.41, 5.74) is 0. The smallest absolute Gasteiger partial charge is 0.317 e. The zero-order valence-electron chi connectivity index (χ0n) is 11.4. The lowest BCUT2D eigenvalue weighted by molar-refractivity contribution is -0.138. The fraction of sp³-hybridized carbons (Fsp3) is 0.857. The van der Waals surface area contributed by atoms with Crippen LogP contribution in [-0.4, -0.2) is 41.6 Å². The summed E-state index contributed by atoms with van der Waals surface area (Å²) in [5, 5.41) is 11.7. The van der Waals surface area contributed by atoms with Gasteiger partial charge in [0.15, 0.2) is 0 Å². The topological polar surface area (TPSA) is 69.6 Å². The van der Waals surface area contributed by atoms with Gasteiger partial charge in [-0.2, -0.15) is 0 Å². The van der Waals surface area contributed by atoms with Crippen molar-refractivity contribution in [1.82, 2.24) is 10.2 Å². The van der Waals surface area contributed by atoms with Gasteiger partial charge in [0.05, 0.1) is 0 Å². The highest BCUT2D eigenvalue weighted by Gasteiger charge is 2.27. The van der Waals surface area contributed by atoms with E-state index < -0.39 is 5.97 Å². The molecule has 0 spiro atoms. The van der Waals surface area contributed by atoms with Gasteiger partial charge in [-0.25, -0.2) is 4.79 Å². The molecule has 1 aliphatic carbocycles. The average Bonchev–Trinajstić information content (AvgIpc) is 2.99. The Labute approximate surface area is 114 Å². The quantitative estimate of drug-likeness (QED) is 0.802. The lowest BCUT2D eigenvalue weighted by atomic mass is 10.0. The average molecular weight is 268 g/mol. The number of hydrogen-bond acceptors (Lipinski definition) is 2. The molecule has 0 aromatic heterocycles. The molecule has 0 bridgehead atoms. The summed E-state index contributed by atoms with van der Waals surface area (Å²) in [7, 11) is 0. The number of nitrogens with zero attached hydrogens (tertiary/aromatic N) is 1. The van der Waals surface area contributed by atoms with Gasteiger partial charge < -0.3 is 15.3 Å². The summed E-state index contributed by atoms with van der Waals surface area (Å²) in [4.78, 5) is 24.3. The highest BCUT2D eigenvalue weighted by molar-refractivity contribution is 5.74. The molecule has 0 aromatic carbocycles. The Morgan fingerprint density at radius 3 is 2.58 bits per heavy atom. The number of nitrogens with one attached hydrogen (secondary N) is 1. The molecule has 0 radical (unpaired) electrons. The van der Waals surface area contributed by atoms with Crippen LogP contribution in [0.3, 0.4) is 0 Å². The van der Waals surface area contributed by atoms with Gasteiger partial charge in [0.25, 0.3) is 0 Å². The molecule has 5 heteroatoms. The molecule has 1 aliphatic heterocycles. The van der Waals surface area contributed by atoms with Crippen molar-refractivity contribution >= 4 is 12.0 Å². The van der Waals surface area contributed by atoms with Gasteiger partial charge in [-0.05, 0) is 24.7 Å². The molecule has 108 valence electrons. The van der Waals surface area contributed by atoms with Crippen LogP contribution >= 0.6 is 0 Å². The Kier molecular flexibility index (Phi) is 5.05. The van der Waals surface area contributed by atoms with Gasteiger partial charge in [0.2, 0.25) is 0 Å². The number of urea groups is 1. The first-order valence-electron chi connectivity index (χ1n) is 7.39. The lowest BCUT2D eigenvalue weighted by Crippen LogP contribution is -2.39. The normalized spacial score (nSPS) is 23.8. The van der Waals surface area contributed by atoms with E-state index >= 15 is 0 Å². The predicted octanol–water partition coefficient (Wildman–Crippen LogP) is 2.07. The first-order chi connectivity index (χ1) is 9.15. The Morgan fingerprint density at radius 2 is 1.89 bits per heavy atom. The number of carbonyl (C=O) groups excluding carboxylic acids is 1. The van der Waals surface area contributed by atoms with Gasteiger partial charge in [-0.1, -0.05) is 25.7 Å². The Morgan fingerprint density at radius 1 is 1.16 bits per heavy atom. The number of carboxylic acids is 1. The number of aliphatic carboxylic acids is 1. The van der Waals surface area contributed by atoms with Crippen LogP contribution in [0.4, 0.5) is 4.79 Å². The molecule has 2 N–H and O–H groups in total. The number of amides is 2. The minimum atomic E-state index is -0.770. The number of carbonyl (C=O) groups is 2. The van der Waals surface area contributed by atoms with Crippen molar-refractivity contribution in [2.45, 2.75) is 44.9 Å². The number of rotatable bonds is 5. The summed E-state index contributed by atoms with van der Waals surface area (Å²) in [5.74, 6) is 0.144. The van der Waals surface area contributed by atoms with E-state index in [1.165, 1.54) is 25.7 Å². The second-order valence-electron chi connectivity index (χ2n) is 5.87. The highest BCUT2D eigenvalue weighted by atomic mass is 16.4. The molecule has 2 fully saturated rings.